The van der Waals surface area contributed by atoms with Crippen LogP contribution in [0.3, 0.4) is 0 Å². The molecule has 3 rings (SSSR count). The van der Waals surface area contributed by atoms with E-state index in [1.165, 1.54) is 5.56 Å². The maximum absolute atomic E-state index is 10.0. The Morgan fingerprint density at radius 1 is 1.07 bits per heavy atom. The van der Waals surface area contributed by atoms with Crippen LogP contribution in [0.25, 0.3) is 11.2 Å². The molecule has 0 bridgehead atoms. The minimum absolute atomic E-state index is 0.00742. The van der Waals surface area contributed by atoms with Gasteiger partial charge in [0.15, 0.2) is 17.0 Å². The molecule has 0 amide bonds. The molecular formula is C22H33N7O. The second-order valence-corrected chi connectivity index (χ2v) is 8.26. The van der Waals surface area contributed by atoms with Gasteiger partial charge >= 0.3 is 0 Å². The van der Waals surface area contributed by atoms with Crippen LogP contribution >= 0.6 is 0 Å². The van der Waals surface area contributed by atoms with Gasteiger partial charge in [-0.15, -0.1) is 0 Å². The van der Waals surface area contributed by atoms with Crippen molar-refractivity contribution < 1.29 is 5.11 Å². The van der Waals surface area contributed by atoms with Crippen LogP contribution in [0.15, 0.2) is 18.6 Å². The third-order valence-corrected chi connectivity index (χ3v) is 5.42. The van der Waals surface area contributed by atoms with Crippen molar-refractivity contribution in [2.45, 2.75) is 79.1 Å². The number of aryl methyl sites for hydroxylation is 2. The number of rotatable bonds is 8. The van der Waals surface area contributed by atoms with Gasteiger partial charge in [-0.1, -0.05) is 6.92 Å². The third kappa shape index (κ3) is 4.53. The molecule has 0 aliphatic carbocycles. The molecule has 0 aliphatic rings. The average Bonchev–Trinajstić information content (AvgIpc) is 3.10. The van der Waals surface area contributed by atoms with Crippen LogP contribution in [-0.4, -0.2) is 41.8 Å². The molecule has 3 aromatic rings. The lowest BCUT2D eigenvalue weighted by atomic mass is 10.0. The summed E-state index contributed by atoms with van der Waals surface area (Å²) in [4.78, 5) is 18.5. The molecule has 30 heavy (non-hydrogen) atoms. The molecule has 8 heteroatoms. The standard InChI is InChI=1S/C22H33N7O/c1-8-18(16(7)30)26-22-27-20(19-21(28-22)29(11-24-19)12(2)3)25-15(6)17-10-23-14(5)9-13(17)4/h9-12,15-16,18,30H,8H2,1-7H3,(H2,25,26,27,28)/t15?,16-,18+/m1/s1. The molecule has 1 unspecified atom stereocenters. The predicted octanol–water partition coefficient (Wildman–Crippen LogP) is 4.16. The van der Waals surface area contributed by atoms with E-state index in [0.717, 1.165) is 28.8 Å². The average molecular weight is 412 g/mol. The molecule has 0 spiro atoms. The van der Waals surface area contributed by atoms with E-state index in [1.54, 1.807) is 13.3 Å². The van der Waals surface area contributed by atoms with Crippen molar-refractivity contribution in [1.29, 1.82) is 0 Å². The van der Waals surface area contributed by atoms with Crippen molar-refractivity contribution in [3.05, 3.63) is 35.4 Å². The SMILES string of the molecule is CC[C@H](Nc1nc(NC(C)c2cnc(C)cc2C)c2ncn(C(C)C)c2n1)[C@@H](C)O. The van der Waals surface area contributed by atoms with Crippen molar-refractivity contribution in [2.24, 2.45) is 0 Å². The zero-order chi connectivity index (χ0) is 22.0. The van der Waals surface area contributed by atoms with Crippen LogP contribution in [0.1, 0.15) is 69.9 Å². The topological polar surface area (TPSA) is 101 Å². The zero-order valence-corrected chi connectivity index (χ0v) is 18.9. The number of nitrogens with zero attached hydrogens (tertiary/aromatic N) is 5. The monoisotopic (exact) mass is 411 g/mol. The van der Waals surface area contributed by atoms with E-state index in [1.807, 2.05) is 24.6 Å². The molecule has 0 saturated heterocycles. The van der Waals surface area contributed by atoms with Crippen LogP contribution in [-0.2, 0) is 0 Å². The molecule has 3 aromatic heterocycles. The van der Waals surface area contributed by atoms with Crippen LogP contribution in [0.4, 0.5) is 11.8 Å². The summed E-state index contributed by atoms with van der Waals surface area (Å²) in [5, 5.41) is 16.8. The summed E-state index contributed by atoms with van der Waals surface area (Å²) in [6.07, 6.45) is 3.96. The molecule has 8 nitrogen and oxygen atoms in total. The predicted molar refractivity (Wildman–Crippen MR) is 121 cm³/mol. The molecular weight excluding hydrogens is 378 g/mol. The van der Waals surface area contributed by atoms with E-state index < -0.39 is 6.10 Å². The van der Waals surface area contributed by atoms with Gasteiger partial charge < -0.3 is 20.3 Å². The Labute approximate surface area is 178 Å². The number of fused-ring (bicyclic) bond motifs is 1. The van der Waals surface area contributed by atoms with E-state index in [9.17, 15) is 5.11 Å². The first kappa shape index (κ1) is 22.0. The Hall–Kier alpha value is -2.74. The summed E-state index contributed by atoms with van der Waals surface area (Å²) in [5.74, 6) is 1.14. The Kier molecular flexibility index (Phi) is 6.55. The van der Waals surface area contributed by atoms with E-state index in [0.29, 0.717) is 11.8 Å². The summed E-state index contributed by atoms with van der Waals surface area (Å²) in [6, 6.07) is 2.15. The maximum Gasteiger partial charge on any atom is 0.227 e. The smallest absolute Gasteiger partial charge is 0.227 e. The normalized spacial score (nSPS) is 14.7. The third-order valence-electron chi connectivity index (χ3n) is 5.42. The fourth-order valence-corrected chi connectivity index (χ4v) is 3.63. The lowest BCUT2D eigenvalue weighted by Crippen LogP contribution is -2.31. The summed E-state index contributed by atoms with van der Waals surface area (Å²) >= 11 is 0. The van der Waals surface area contributed by atoms with Gasteiger partial charge in [0.25, 0.3) is 0 Å². The fraction of sp³-hybridized carbons (Fsp3) is 0.545. The quantitative estimate of drug-likeness (QED) is 0.511. The van der Waals surface area contributed by atoms with Gasteiger partial charge in [-0.05, 0) is 65.2 Å². The number of pyridine rings is 1. The molecule has 0 saturated carbocycles. The lowest BCUT2D eigenvalue weighted by molar-refractivity contribution is 0.169. The molecule has 3 heterocycles. The van der Waals surface area contributed by atoms with Crippen LogP contribution in [0.2, 0.25) is 0 Å². The molecule has 162 valence electrons. The minimum Gasteiger partial charge on any atom is -0.391 e. The Bertz CT molecular complexity index is 1010. The summed E-state index contributed by atoms with van der Waals surface area (Å²) in [5.41, 5.74) is 4.78. The first-order chi connectivity index (χ1) is 14.2. The van der Waals surface area contributed by atoms with Gasteiger partial charge in [0.05, 0.1) is 24.5 Å². The van der Waals surface area contributed by atoms with Gasteiger partial charge in [-0.25, -0.2) is 4.98 Å². The Morgan fingerprint density at radius 3 is 2.40 bits per heavy atom. The first-order valence-electron chi connectivity index (χ1n) is 10.6. The molecule has 3 N–H and O–H groups in total. The highest BCUT2D eigenvalue weighted by atomic mass is 16.3. The van der Waals surface area contributed by atoms with Gasteiger partial charge in [0.2, 0.25) is 5.95 Å². The lowest BCUT2D eigenvalue weighted by Gasteiger charge is -2.21. The number of anilines is 2. The van der Waals surface area contributed by atoms with Crippen LogP contribution in [0.5, 0.6) is 0 Å². The van der Waals surface area contributed by atoms with E-state index >= 15 is 0 Å². The minimum atomic E-state index is -0.513. The maximum atomic E-state index is 10.0. The second kappa shape index (κ2) is 8.95. The zero-order valence-electron chi connectivity index (χ0n) is 18.9. The van der Waals surface area contributed by atoms with Gasteiger partial charge in [0, 0.05) is 17.9 Å². The van der Waals surface area contributed by atoms with Crippen molar-refractivity contribution in [1.82, 2.24) is 24.5 Å². The Morgan fingerprint density at radius 2 is 1.80 bits per heavy atom. The van der Waals surface area contributed by atoms with E-state index in [-0.39, 0.29) is 18.1 Å². The van der Waals surface area contributed by atoms with Gasteiger partial charge in [-0.3, -0.25) is 4.98 Å². The molecule has 0 radical (unpaired) electrons. The van der Waals surface area contributed by atoms with Crippen molar-refractivity contribution in [2.75, 3.05) is 10.6 Å². The highest BCUT2D eigenvalue weighted by Crippen LogP contribution is 2.28. The number of aromatic nitrogens is 5. The second-order valence-electron chi connectivity index (χ2n) is 8.26. The molecule has 0 aromatic carbocycles. The summed E-state index contributed by atoms with van der Waals surface area (Å²) < 4.78 is 2.03. The largest absolute Gasteiger partial charge is 0.391 e. The fourth-order valence-electron chi connectivity index (χ4n) is 3.63. The van der Waals surface area contributed by atoms with E-state index in [2.05, 4.69) is 54.4 Å². The number of hydrogen-bond acceptors (Lipinski definition) is 7. The number of nitrogens with one attached hydrogen (secondary N) is 2. The Balaban J connectivity index is 2.03. The van der Waals surface area contributed by atoms with Crippen molar-refractivity contribution in [3.63, 3.8) is 0 Å². The van der Waals surface area contributed by atoms with E-state index in [4.69, 9.17) is 9.97 Å². The number of aliphatic hydroxyl groups excluding tert-OH is 1. The van der Waals surface area contributed by atoms with Crippen molar-refractivity contribution in [3.8, 4) is 0 Å². The van der Waals surface area contributed by atoms with Crippen LogP contribution < -0.4 is 10.6 Å². The summed E-state index contributed by atoms with van der Waals surface area (Å²) in [6.45, 7) is 14.2. The van der Waals surface area contributed by atoms with Crippen LogP contribution in [0, 0.1) is 13.8 Å². The van der Waals surface area contributed by atoms with Crippen molar-refractivity contribution >= 4 is 22.9 Å². The molecule has 3 atom stereocenters. The highest BCUT2D eigenvalue weighted by Gasteiger charge is 2.20. The molecule has 0 fully saturated rings. The summed E-state index contributed by atoms with van der Waals surface area (Å²) in [7, 11) is 0. The number of aliphatic hydroxyl groups is 1. The highest BCUT2D eigenvalue weighted by molar-refractivity contribution is 5.84. The first-order valence-corrected chi connectivity index (χ1v) is 10.6. The van der Waals surface area contributed by atoms with Gasteiger partial charge in [0.1, 0.15) is 0 Å². The molecule has 0 aliphatic heterocycles. The number of hydrogen-bond donors (Lipinski definition) is 3. The number of imidazole rings is 1. The van der Waals surface area contributed by atoms with Gasteiger partial charge in [-0.2, -0.15) is 9.97 Å².